The van der Waals surface area contributed by atoms with Gasteiger partial charge in [0.1, 0.15) is 5.82 Å². The molecule has 0 spiro atoms. The Morgan fingerprint density at radius 3 is 2.92 bits per heavy atom. The summed E-state index contributed by atoms with van der Waals surface area (Å²) in [7, 11) is 0. The predicted octanol–water partition coefficient (Wildman–Crippen LogP) is 4.07. The van der Waals surface area contributed by atoms with Gasteiger partial charge < -0.3 is 10.1 Å². The number of carbonyl (C=O) groups is 1. The Hall–Kier alpha value is -1.85. The molecule has 0 radical (unpaired) electrons. The molecule has 1 N–H and O–H groups in total. The number of nitrogens with one attached hydrogen (secondary N) is 1. The molecule has 0 aliphatic carbocycles. The van der Waals surface area contributed by atoms with Crippen LogP contribution < -0.4 is 5.32 Å². The maximum atomic E-state index is 13.2. The summed E-state index contributed by atoms with van der Waals surface area (Å²) in [5.41, 5.74) is 1.56. The molecule has 1 aliphatic heterocycles. The lowest BCUT2D eigenvalue weighted by Crippen LogP contribution is -2.26. The van der Waals surface area contributed by atoms with E-state index in [1.54, 1.807) is 17.8 Å². The standard InChI is InChI=1S/C20H22FNO2S/c21-16-6-3-5-15(13-16)10-11-22-20(23)18-8-1-2-9-19(18)25-14-17-7-4-12-24-17/h1-3,5-6,8-9,13,17H,4,7,10-12,14H2,(H,22,23). The van der Waals surface area contributed by atoms with E-state index in [0.29, 0.717) is 18.5 Å². The summed E-state index contributed by atoms with van der Waals surface area (Å²) < 4.78 is 18.8. The van der Waals surface area contributed by atoms with Crippen molar-refractivity contribution in [2.24, 2.45) is 0 Å². The molecule has 3 rings (SSSR count). The van der Waals surface area contributed by atoms with Crippen molar-refractivity contribution >= 4 is 17.7 Å². The molecule has 1 saturated heterocycles. The number of carbonyl (C=O) groups excluding carboxylic acids is 1. The van der Waals surface area contributed by atoms with Crippen LogP contribution in [0.15, 0.2) is 53.4 Å². The lowest BCUT2D eigenvalue weighted by atomic mass is 10.1. The summed E-state index contributed by atoms with van der Waals surface area (Å²) in [4.78, 5) is 13.5. The van der Waals surface area contributed by atoms with E-state index in [1.807, 2.05) is 30.3 Å². The molecular weight excluding hydrogens is 337 g/mol. The summed E-state index contributed by atoms with van der Waals surface area (Å²) >= 11 is 1.67. The third-order valence-corrected chi connectivity index (χ3v) is 5.37. The van der Waals surface area contributed by atoms with E-state index in [1.165, 1.54) is 12.1 Å². The second-order valence-corrected chi connectivity index (χ2v) is 7.14. The van der Waals surface area contributed by atoms with Crippen LogP contribution in [-0.4, -0.2) is 30.9 Å². The van der Waals surface area contributed by atoms with E-state index < -0.39 is 0 Å². The number of ether oxygens (including phenoxy) is 1. The minimum absolute atomic E-state index is 0.0909. The highest BCUT2D eigenvalue weighted by atomic mass is 32.2. The van der Waals surface area contributed by atoms with Crippen LogP contribution in [0.1, 0.15) is 28.8 Å². The molecule has 0 aromatic heterocycles. The monoisotopic (exact) mass is 359 g/mol. The molecule has 1 atom stereocenters. The minimum Gasteiger partial charge on any atom is -0.377 e. The SMILES string of the molecule is O=C(NCCc1cccc(F)c1)c1ccccc1SCC1CCCO1. The Bertz CT molecular complexity index is 716. The fourth-order valence-corrected chi connectivity index (χ4v) is 3.97. The molecule has 1 amide bonds. The summed E-state index contributed by atoms with van der Waals surface area (Å²) in [5, 5.41) is 2.93. The van der Waals surface area contributed by atoms with Crippen LogP contribution in [0.2, 0.25) is 0 Å². The van der Waals surface area contributed by atoms with Gasteiger partial charge in [-0.05, 0) is 49.1 Å². The maximum Gasteiger partial charge on any atom is 0.252 e. The third-order valence-electron chi connectivity index (χ3n) is 4.17. The second-order valence-electron chi connectivity index (χ2n) is 6.08. The van der Waals surface area contributed by atoms with Gasteiger partial charge in [0, 0.05) is 23.8 Å². The third kappa shape index (κ3) is 5.31. The summed E-state index contributed by atoms with van der Waals surface area (Å²) in [6.07, 6.45) is 3.10. The van der Waals surface area contributed by atoms with Crippen molar-refractivity contribution in [1.29, 1.82) is 0 Å². The lowest BCUT2D eigenvalue weighted by Gasteiger charge is -2.12. The van der Waals surface area contributed by atoms with Gasteiger partial charge in [-0.2, -0.15) is 0 Å². The quantitative estimate of drug-likeness (QED) is 0.758. The Labute approximate surface area is 152 Å². The van der Waals surface area contributed by atoms with Crippen LogP contribution in [0.25, 0.3) is 0 Å². The van der Waals surface area contributed by atoms with Crippen molar-refractivity contribution in [3.05, 3.63) is 65.5 Å². The van der Waals surface area contributed by atoms with E-state index in [-0.39, 0.29) is 17.8 Å². The van der Waals surface area contributed by atoms with Crippen LogP contribution in [0.4, 0.5) is 4.39 Å². The molecule has 1 aliphatic rings. The first-order chi connectivity index (χ1) is 12.2. The Kier molecular flexibility index (Phi) is 6.48. The molecule has 25 heavy (non-hydrogen) atoms. The van der Waals surface area contributed by atoms with E-state index in [4.69, 9.17) is 4.74 Å². The summed E-state index contributed by atoms with van der Waals surface area (Å²) in [5.74, 6) is 0.527. The Morgan fingerprint density at radius 2 is 2.12 bits per heavy atom. The van der Waals surface area contributed by atoms with Gasteiger partial charge in [0.2, 0.25) is 0 Å². The first-order valence-electron chi connectivity index (χ1n) is 8.58. The first-order valence-corrected chi connectivity index (χ1v) is 9.57. The fourth-order valence-electron chi connectivity index (χ4n) is 2.85. The Balaban J connectivity index is 1.54. The molecular formula is C20H22FNO2S. The Morgan fingerprint density at radius 1 is 1.24 bits per heavy atom. The van der Waals surface area contributed by atoms with Gasteiger partial charge in [-0.15, -0.1) is 11.8 Å². The van der Waals surface area contributed by atoms with Crippen molar-refractivity contribution in [2.45, 2.75) is 30.3 Å². The van der Waals surface area contributed by atoms with E-state index in [9.17, 15) is 9.18 Å². The highest BCUT2D eigenvalue weighted by molar-refractivity contribution is 7.99. The van der Waals surface area contributed by atoms with Crippen LogP contribution in [0.5, 0.6) is 0 Å². The second kappa shape index (κ2) is 9.02. The van der Waals surface area contributed by atoms with Gasteiger partial charge in [-0.1, -0.05) is 24.3 Å². The van der Waals surface area contributed by atoms with Gasteiger partial charge in [-0.3, -0.25) is 4.79 Å². The zero-order valence-electron chi connectivity index (χ0n) is 14.0. The average molecular weight is 359 g/mol. The summed E-state index contributed by atoms with van der Waals surface area (Å²) in [6.45, 7) is 1.32. The number of benzene rings is 2. The molecule has 0 bridgehead atoms. The number of amides is 1. The van der Waals surface area contributed by atoms with Crippen molar-refractivity contribution in [3.63, 3.8) is 0 Å². The smallest absolute Gasteiger partial charge is 0.252 e. The molecule has 2 aromatic rings. The van der Waals surface area contributed by atoms with Crippen molar-refractivity contribution in [1.82, 2.24) is 5.32 Å². The van der Waals surface area contributed by atoms with Gasteiger partial charge in [0.05, 0.1) is 11.7 Å². The molecule has 1 unspecified atom stereocenters. The normalized spacial score (nSPS) is 16.8. The number of halogens is 1. The molecule has 2 aromatic carbocycles. The largest absolute Gasteiger partial charge is 0.377 e. The zero-order valence-corrected chi connectivity index (χ0v) is 14.9. The van der Waals surface area contributed by atoms with E-state index >= 15 is 0 Å². The minimum atomic E-state index is -0.250. The van der Waals surface area contributed by atoms with Crippen LogP contribution in [-0.2, 0) is 11.2 Å². The molecule has 3 nitrogen and oxygen atoms in total. The number of rotatable bonds is 7. The molecule has 1 heterocycles. The first kappa shape index (κ1) is 18.0. The fraction of sp³-hybridized carbons (Fsp3) is 0.350. The van der Waals surface area contributed by atoms with E-state index in [0.717, 1.165) is 35.7 Å². The van der Waals surface area contributed by atoms with Gasteiger partial charge in [0.15, 0.2) is 0 Å². The molecule has 1 fully saturated rings. The van der Waals surface area contributed by atoms with Gasteiger partial charge in [0.25, 0.3) is 5.91 Å². The lowest BCUT2D eigenvalue weighted by molar-refractivity contribution is 0.0951. The summed E-state index contributed by atoms with van der Waals surface area (Å²) in [6, 6.07) is 14.1. The van der Waals surface area contributed by atoms with Crippen LogP contribution in [0.3, 0.4) is 0 Å². The maximum absolute atomic E-state index is 13.2. The highest BCUT2D eigenvalue weighted by Gasteiger charge is 2.17. The molecule has 5 heteroatoms. The number of hydrogen-bond acceptors (Lipinski definition) is 3. The number of thioether (sulfide) groups is 1. The van der Waals surface area contributed by atoms with Gasteiger partial charge >= 0.3 is 0 Å². The molecule has 0 saturated carbocycles. The highest BCUT2D eigenvalue weighted by Crippen LogP contribution is 2.26. The average Bonchev–Trinajstić information content (AvgIpc) is 3.14. The van der Waals surface area contributed by atoms with Crippen LogP contribution in [0, 0.1) is 5.82 Å². The van der Waals surface area contributed by atoms with Crippen molar-refractivity contribution < 1.29 is 13.9 Å². The van der Waals surface area contributed by atoms with Crippen molar-refractivity contribution in [3.8, 4) is 0 Å². The van der Waals surface area contributed by atoms with Crippen LogP contribution >= 0.6 is 11.8 Å². The van der Waals surface area contributed by atoms with Gasteiger partial charge in [-0.25, -0.2) is 4.39 Å². The number of hydrogen-bond donors (Lipinski definition) is 1. The molecule has 132 valence electrons. The predicted molar refractivity (Wildman–Crippen MR) is 98.6 cm³/mol. The topological polar surface area (TPSA) is 38.3 Å². The van der Waals surface area contributed by atoms with E-state index in [2.05, 4.69) is 5.32 Å². The van der Waals surface area contributed by atoms with Crippen molar-refractivity contribution in [2.75, 3.05) is 18.9 Å². The zero-order chi connectivity index (χ0) is 17.5.